The van der Waals surface area contributed by atoms with Gasteiger partial charge in [-0.25, -0.2) is 9.97 Å². The van der Waals surface area contributed by atoms with Crippen LogP contribution >= 0.6 is 22.7 Å². The van der Waals surface area contributed by atoms with Crippen LogP contribution in [-0.2, 0) is 17.9 Å². The molecule has 1 amide bonds. The molecule has 4 heterocycles. The lowest BCUT2D eigenvalue weighted by Gasteiger charge is -2.34. The van der Waals surface area contributed by atoms with E-state index in [0.717, 1.165) is 36.1 Å². The molecule has 1 aromatic carbocycles. The van der Waals surface area contributed by atoms with Gasteiger partial charge >= 0.3 is 0 Å². The molecule has 0 aliphatic carbocycles. The van der Waals surface area contributed by atoms with Crippen LogP contribution in [-0.4, -0.2) is 45.3 Å². The first-order valence-electron chi connectivity index (χ1n) is 10.2. The first kappa shape index (κ1) is 20.1. The van der Waals surface area contributed by atoms with E-state index < -0.39 is 0 Å². The molecule has 8 heteroatoms. The van der Waals surface area contributed by atoms with E-state index in [-0.39, 0.29) is 5.91 Å². The van der Waals surface area contributed by atoms with E-state index in [4.69, 9.17) is 5.73 Å². The summed E-state index contributed by atoms with van der Waals surface area (Å²) >= 11 is 3.65. The summed E-state index contributed by atoms with van der Waals surface area (Å²) in [5, 5.41) is 0.843. The minimum atomic E-state index is 0.166. The first-order chi connectivity index (χ1) is 15.0. The number of piperazine rings is 1. The van der Waals surface area contributed by atoms with Crippen molar-refractivity contribution in [3.63, 3.8) is 0 Å². The van der Waals surface area contributed by atoms with Crippen LogP contribution in [0.2, 0.25) is 0 Å². The molecule has 1 saturated heterocycles. The molecule has 31 heavy (non-hydrogen) atoms. The zero-order valence-electron chi connectivity index (χ0n) is 17.2. The fourth-order valence-corrected chi connectivity index (χ4v) is 5.89. The number of aryl methyl sites for hydroxylation is 1. The van der Waals surface area contributed by atoms with Gasteiger partial charge < -0.3 is 10.6 Å². The number of thiophene rings is 2. The van der Waals surface area contributed by atoms with Gasteiger partial charge in [0.15, 0.2) is 0 Å². The molecule has 0 bridgehead atoms. The lowest BCUT2D eigenvalue weighted by atomic mass is 10.1. The summed E-state index contributed by atoms with van der Waals surface area (Å²) in [6, 6.07) is 14.7. The molecule has 3 aromatic heterocycles. The molecular weight excluding hydrogens is 426 g/mol. The molecule has 6 nitrogen and oxygen atoms in total. The Morgan fingerprint density at radius 1 is 1.00 bits per heavy atom. The van der Waals surface area contributed by atoms with Gasteiger partial charge in [-0.15, -0.1) is 22.7 Å². The maximum absolute atomic E-state index is 12.8. The summed E-state index contributed by atoms with van der Waals surface area (Å²) in [7, 11) is 0. The molecule has 2 N–H and O–H groups in total. The number of amides is 1. The largest absolute Gasteiger partial charge is 0.383 e. The number of fused-ring (bicyclic) bond motifs is 1. The van der Waals surface area contributed by atoms with Gasteiger partial charge in [-0.05, 0) is 48.9 Å². The molecule has 0 radical (unpaired) electrons. The number of rotatable bonds is 5. The monoisotopic (exact) mass is 449 g/mol. The maximum atomic E-state index is 12.8. The minimum absolute atomic E-state index is 0.166. The van der Waals surface area contributed by atoms with Crippen molar-refractivity contribution in [1.29, 1.82) is 0 Å². The van der Waals surface area contributed by atoms with E-state index >= 15 is 0 Å². The summed E-state index contributed by atoms with van der Waals surface area (Å²) in [5.74, 6) is 0.645. The number of hydrogen-bond donors (Lipinski definition) is 1. The molecule has 4 aromatic rings. The van der Waals surface area contributed by atoms with Crippen molar-refractivity contribution in [2.24, 2.45) is 0 Å². The number of nitrogens with zero attached hydrogens (tertiary/aromatic N) is 4. The van der Waals surface area contributed by atoms with Crippen molar-refractivity contribution in [3.8, 4) is 9.75 Å². The average Bonchev–Trinajstić information content (AvgIpc) is 3.39. The van der Waals surface area contributed by atoms with Crippen molar-refractivity contribution in [3.05, 3.63) is 64.1 Å². The topological polar surface area (TPSA) is 75.3 Å². The smallest absolute Gasteiger partial charge is 0.237 e. The lowest BCUT2D eigenvalue weighted by Crippen LogP contribution is -2.49. The number of benzene rings is 1. The fourth-order valence-electron chi connectivity index (χ4n) is 3.88. The molecule has 158 valence electrons. The van der Waals surface area contributed by atoms with Crippen LogP contribution in [0.5, 0.6) is 0 Å². The molecule has 1 fully saturated rings. The van der Waals surface area contributed by atoms with Crippen LogP contribution < -0.4 is 5.73 Å². The third-order valence-electron chi connectivity index (χ3n) is 5.53. The van der Waals surface area contributed by atoms with Crippen LogP contribution in [0.4, 0.5) is 5.82 Å². The summed E-state index contributed by atoms with van der Waals surface area (Å²) in [6.07, 6.45) is 1.47. The second kappa shape index (κ2) is 8.37. The molecular formula is C23H23N5OS2. The summed E-state index contributed by atoms with van der Waals surface area (Å²) in [6.45, 7) is 5.60. The zero-order valence-corrected chi connectivity index (χ0v) is 18.9. The quantitative estimate of drug-likeness (QED) is 0.495. The number of carbonyl (C=O) groups excluding carboxylic acids is 1. The predicted octanol–water partition coefficient (Wildman–Crippen LogP) is 4.15. The maximum Gasteiger partial charge on any atom is 0.237 e. The molecule has 0 unspecified atom stereocenters. The van der Waals surface area contributed by atoms with Crippen molar-refractivity contribution >= 4 is 45.3 Å². The Kier molecular flexibility index (Phi) is 5.43. The van der Waals surface area contributed by atoms with E-state index in [0.29, 0.717) is 18.9 Å². The van der Waals surface area contributed by atoms with Crippen LogP contribution in [0, 0.1) is 6.92 Å². The summed E-state index contributed by atoms with van der Waals surface area (Å²) < 4.78 is 0. The van der Waals surface area contributed by atoms with Crippen molar-refractivity contribution in [2.45, 2.75) is 20.0 Å². The number of nitrogen functional groups attached to an aromatic ring is 1. The number of nitrogens with two attached hydrogens (primary N) is 1. The van der Waals surface area contributed by atoms with Gasteiger partial charge in [-0.3, -0.25) is 9.69 Å². The van der Waals surface area contributed by atoms with Gasteiger partial charge in [-0.2, -0.15) is 0 Å². The second-order valence-corrected chi connectivity index (χ2v) is 10.3. The second-order valence-electron chi connectivity index (χ2n) is 7.81. The third kappa shape index (κ3) is 4.32. The van der Waals surface area contributed by atoms with Crippen LogP contribution in [0.1, 0.15) is 15.3 Å². The van der Waals surface area contributed by atoms with Crippen LogP contribution in [0.15, 0.2) is 48.8 Å². The highest BCUT2D eigenvalue weighted by atomic mass is 32.1. The van der Waals surface area contributed by atoms with E-state index in [2.05, 4.69) is 46.1 Å². The minimum Gasteiger partial charge on any atom is -0.383 e. The SMILES string of the molecule is Cc1ccc(-c2ccc(CN3CCN(Cc4ccc5c(N)ncnc5c4)C(=O)C3)s2)s1. The van der Waals surface area contributed by atoms with E-state index in [9.17, 15) is 4.79 Å². The molecule has 1 aliphatic heterocycles. The van der Waals surface area contributed by atoms with Crippen LogP contribution in [0.25, 0.3) is 20.7 Å². The molecule has 5 rings (SSSR count). The summed E-state index contributed by atoms with van der Waals surface area (Å²) in [4.78, 5) is 30.5. The molecule has 0 spiro atoms. The Morgan fingerprint density at radius 2 is 1.84 bits per heavy atom. The highest BCUT2D eigenvalue weighted by Crippen LogP contribution is 2.34. The highest BCUT2D eigenvalue weighted by Gasteiger charge is 2.24. The Morgan fingerprint density at radius 3 is 2.65 bits per heavy atom. The Labute approximate surface area is 189 Å². The normalized spacial score (nSPS) is 15.1. The van der Waals surface area contributed by atoms with Gasteiger partial charge in [0.2, 0.25) is 5.91 Å². The Balaban J connectivity index is 1.21. The number of carbonyl (C=O) groups is 1. The van der Waals surface area contributed by atoms with E-state index in [1.807, 2.05) is 45.8 Å². The van der Waals surface area contributed by atoms with Crippen molar-refractivity contribution in [1.82, 2.24) is 19.8 Å². The van der Waals surface area contributed by atoms with Gasteiger partial charge in [0, 0.05) is 51.1 Å². The molecule has 0 atom stereocenters. The molecule has 1 aliphatic rings. The summed E-state index contributed by atoms with van der Waals surface area (Å²) in [5.41, 5.74) is 7.77. The molecule has 0 saturated carbocycles. The zero-order chi connectivity index (χ0) is 21.4. The third-order valence-corrected chi connectivity index (χ3v) is 7.79. The predicted molar refractivity (Wildman–Crippen MR) is 127 cm³/mol. The Bertz CT molecular complexity index is 1250. The lowest BCUT2D eigenvalue weighted by molar-refractivity contribution is -0.136. The van der Waals surface area contributed by atoms with E-state index in [1.165, 1.54) is 25.8 Å². The van der Waals surface area contributed by atoms with Gasteiger partial charge in [0.05, 0.1) is 12.1 Å². The van der Waals surface area contributed by atoms with Gasteiger partial charge in [0.1, 0.15) is 12.1 Å². The fraction of sp³-hybridized carbons (Fsp3) is 0.261. The number of hydrogen-bond acceptors (Lipinski definition) is 7. The Hall–Kier alpha value is -2.81. The van der Waals surface area contributed by atoms with E-state index in [1.54, 1.807) is 0 Å². The highest BCUT2D eigenvalue weighted by molar-refractivity contribution is 7.22. The van der Waals surface area contributed by atoms with Gasteiger partial charge in [0.25, 0.3) is 0 Å². The first-order valence-corrected chi connectivity index (χ1v) is 11.8. The average molecular weight is 450 g/mol. The number of aromatic nitrogens is 2. The van der Waals surface area contributed by atoms with Gasteiger partial charge in [-0.1, -0.05) is 6.07 Å². The standard InChI is InChI=1S/C23H23N5OS2/c1-15-2-6-20(30-15)21-7-4-17(31-21)12-27-8-9-28(22(29)13-27)11-16-3-5-18-19(10-16)25-14-26-23(18)24/h2-7,10,14H,8-9,11-13H2,1H3,(H2,24,25,26). The van der Waals surface area contributed by atoms with Crippen molar-refractivity contribution < 1.29 is 4.79 Å². The number of anilines is 1. The van der Waals surface area contributed by atoms with Crippen LogP contribution in [0.3, 0.4) is 0 Å². The van der Waals surface area contributed by atoms with Crippen molar-refractivity contribution in [2.75, 3.05) is 25.4 Å².